The van der Waals surface area contributed by atoms with Gasteiger partial charge in [-0.2, -0.15) is 4.98 Å². The second-order valence-corrected chi connectivity index (χ2v) is 4.20. The van der Waals surface area contributed by atoms with Gasteiger partial charge in [0.15, 0.2) is 5.82 Å². The van der Waals surface area contributed by atoms with Crippen LogP contribution in [0, 0.1) is 0 Å². The van der Waals surface area contributed by atoms with E-state index in [9.17, 15) is 0 Å². The van der Waals surface area contributed by atoms with Crippen molar-refractivity contribution in [2.75, 3.05) is 16.9 Å². The minimum atomic E-state index is 0.331. The fourth-order valence-electron chi connectivity index (χ4n) is 1.48. The molecular weight excluding hydrogens is 226 g/mol. The first-order valence-electron chi connectivity index (χ1n) is 5.36. The number of nitrogens with two attached hydrogens (primary N) is 1. The number of nitrogens with one attached hydrogen (secondary N) is 1. The van der Waals surface area contributed by atoms with Crippen molar-refractivity contribution in [2.24, 2.45) is 5.84 Å². The van der Waals surface area contributed by atoms with Gasteiger partial charge in [-0.3, -0.25) is 5.43 Å². The van der Waals surface area contributed by atoms with Crippen LogP contribution in [-0.4, -0.2) is 22.6 Å². The van der Waals surface area contributed by atoms with Gasteiger partial charge in [0.05, 0.1) is 6.20 Å². The summed E-state index contributed by atoms with van der Waals surface area (Å²) >= 11 is 6.09. The lowest BCUT2D eigenvalue weighted by molar-refractivity contribution is 0.661. The first-order chi connectivity index (χ1) is 7.60. The Hall–Kier alpha value is -1.07. The highest BCUT2D eigenvalue weighted by Gasteiger charge is 2.15. The maximum Gasteiger partial charge on any atom is 0.239 e. The van der Waals surface area contributed by atoms with Gasteiger partial charge in [-0.15, -0.1) is 0 Å². The zero-order valence-corrected chi connectivity index (χ0v) is 10.6. The van der Waals surface area contributed by atoms with Gasteiger partial charge in [0.1, 0.15) is 5.02 Å². The summed E-state index contributed by atoms with van der Waals surface area (Å²) in [7, 11) is 0. The molecule has 3 N–H and O–H groups in total. The van der Waals surface area contributed by atoms with E-state index in [1.807, 2.05) is 0 Å². The highest BCUT2D eigenvalue weighted by molar-refractivity contribution is 6.32. The van der Waals surface area contributed by atoms with Crippen molar-refractivity contribution in [1.82, 2.24) is 9.97 Å². The Bertz CT molecular complexity index is 342. The molecule has 90 valence electrons. The third kappa shape index (κ3) is 2.96. The molecule has 0 aliphatic rings. The molecule has 0 aliphatic heterocycles. The topological polar surface area (TPSA) is 67.1 Å². The lowest BCUT2D eigenvalue weighted by Gasteiger charge is -2.28. The van der Waals surface area contributed by atoms with Crippen LogP contribution in [0.1, 0.15) is 27.2 Å². The Kier molecular flexibility index (Phi) is 4.76. The molecule has 0 aromatic carbocycles. The Morgan fingerprint density at radius 1 is 1.56 bits per heavy atom. The molecule has 0 bridgehead atoms. The van der Waals surface area contributed by atoms with E-state index in [0.717, 1.165) is 18.8 Å². The van der Waals surface area contributed by atoms with Crippen molar-refractivity contribution < 1.29 is 0 Å². The van der Waals surface area contributed by atoms with Gasteiger partial charge in [0.25, 0.3) is 0 Å². The monoisotopic (exact) mass is 243 g/mol. The lowest BCUT2D eigenvalue weighted by Crippen LogP contribution is -2.32. The standard InChI is InChI=1S/C10H18ClN5/c1-4-5-16(7(2)3)9-8(11)6-13-10(14-9)15-12/h6-7H,4-5,12H2,1-3H3,(H,13,14,15). The van der Waals surface area contributed by atoms with Crippen LogP contribution in [0.5, 0.6) is 0 Å². The van der Waals surface area contributed by atoms with E-state index in [2.05, 4.69) is 41.1 Å². The Balaban J connectivity index is 3.06. The molecule has 1 rings (SSSR count). The molecule has 1 heterocycles. The molecule has 0 radical (unpaired) electrons. The number of halogens is 1. The van der Waals surface area contributed by atoms with Gasteiger partial charge in [-0.1, -0.05) is 18.5 Å². The van der Waals surface area contributed by atoms with Gasteiger partial charge in [0, 0.05) is 12.6 Å². The average molecular weight is 244 g/mol. The number of hydrogen-bond donors (Lipinski definition) is 2. The molecule has 5 nitrogen and oxygen atoms in total. The van der Waals surface area contributed by atoms with Crippen molar-refractivity contribution in [3.05, 3.63) is 11.2 Å². The predicted octanol–water partition coefficient (Wildman–Crippen LogP) is 2.04. The van der Waals surface area contributed by atoms with E-state index >= 15 is 0 Å². The molecule has 0 unspecified atom stereocenters. The van der Waals surface area contributed by atoms with Gasteiger partial charge in [-0.05, 0) is 20.3 Å². The number of anilines is 2. The highest BCUT2D eigenvalue weighted by Crippen LogP contribution is 2.25. The number of nitrogens with zero attached hydrogens (tertiary/aromatic N) is 3. The van der Waals surface area contributed by atoms with Crippen LogP contribution in [-0.2, 0) is 0 Å². The number of rotatable bonds is 5. The van der Waals surface area contributed by atoms with Gasteiger partial charge in [-0.25, -0.2) is 10.8 Å². The molecule has 0 saturated carbocycles. The molecule has 6 heteroatoms. The summed E-state index contributed by atoms with van der Waals surface area (Å²) in [6, 6.07) is 0.331. The van der Waals surface area contributed by atoms with Crippen molar-refractivity contribution in [3.8, 4) is 0 Å². The quantitative estimate of drug-likeness (QED) is 0.612. The molecule has 1 aromatic rings. The number of hydrazine groups is 1. The molecule has 16 heavy (non-hydrogen) atoms. The molecule has 0 amide bonds. The maximum atomic E-state index is 6.09. The summed E-state index contributed by atoms with van der Waals surface area (Å²) < 4.78 is 0. The van der Waals surface area contributed by atoms with Crippen LogP contribution >= 0.6 is 11.6 Å². The van der Waals surface area contributed by atoms with Crippen LogP contribution in [0.4, 0.5) is 11.8 Å². The van der Waals surface area contributed by atoms with E-state index in [4.69, 9.17) is 17.4 Å². The first-order valence-corrected chi connectivity index (χ1v) is 5.73. The Morgan fingerprint density at radius 2 is 2.25 bits per heavy atom. The Morgan fingerprint density at radius 3 is 2.75 bits per heavy atom. The second-order valence-electron chi connectivity index (χ2n) is 3.80. The summed E-state index contributed by atoms with van der Waals surface area (Å²) in [5, 5.41) is 0.543. The summed E-state index contributed by atoms with van der Waals surface area (Å²) in [6.07, 6.45) is 2.59. The van der Waals surface area contributed by atoms with Gasteiger partial charge < -0.3 is 4.90 Å². The molecule has 0 fully saturated rings. The van der Waals surface area contributed by atoms with Gasteiger partial charge >= 0.3 is 0 Å². The average Bonchev–Trinajstić information content (AvgIpc) is 2.27. The molecule has 0 atom stereocenters. The fraction of sp³-hybridized carbons (Fsp3) is 0.600. The maximum absolute atomic E-state index is 6.09. The molecule has 0 aliphatic carbocycles. The smallest absolute Gasteiger partial charge is 0.239 e. The largest absolute Gasteiger partial charge is 0.353 e. The summed E-state index contributed by atoms with van der Waals surface area (Å²) in [6.45, 7) is 7.22. The summed E-state index contributed by atoms with van der Waals surface area (Å²) in [4.78, 5) is 10.4. The number of nitrogen functional groups attached to an aromatic ring is 1. The minimum absolute atomic E-state index is 0.331. The van der Waals surface area contributed by atoms with E-state index in [1.165, 1.54) is 0 Å². The summed E-state index contributed by atoms with van der Waals surface area (Å²) in [5.74, 6) is 6.38. The molecular formula is C10H18ClN5. The molecule has 0 spiro atoms. The first kappa shape index (κ1) is 13.0. The van der Waals surface area contributed by atoms with Crippen molar-refractivity contribution in [1.29, 1.82) is 0 Å². The van der Waals surface area contributed by atoms with E-state index in [-0.39, 0.29) is 0 Å². The highest BCUT2D eigenvalue weighted by atomic mass is 35.5. The zero-order chi connectivity index (χ0) is 12.1. The second kappa shape index (κ2) is 5.86. The van der Waals surface area contributed by atoms with Crippen molar-refractivity contribution in [3.63, 3.8) is 0 Å². The lowest BCUT2D eigenvalue weighted by atomic mass is 10.3. The minimum Gasteiger partial charge on any atom is -0.353 e. The molecule has 0 saturated heterocycles. The summed E-state index contributed by atoms with van der Waals surface area (Å²) in [5.41, 5.74) is 2.42. The number of hydrogen-bond acceptors (Lipinski definition) is 5. The predicted molar refractivity (Wildman–Crippen MR) is 67.6 cm³/mol. The third-order valence-electron chi connectivity index (χ3n) is 2.21. The SMILES string of the molecule is CCCN(c1nc(NN)ncc1Cl)C(C)C. The van der Waals surface area contributed by atoms with E-state index in [1.54, 1.807) is 6.20 Å². The fourth-order valence-corrected chi connectivity index (χ4v) is 1.68. The van der Waals surface area contributed by atoms with E-state index < -0.39 is 0 Å². The van der Waals surface area contributed by atoms with Crippen LogP contribution in [0.25, 0.3) is 0 Å². The van der Waals surface area contributed by atoms with E-state index in [0.29, 0.717) is 17.0 Å². The third-order valence-corrected chi connectivity index (χ3v) is 2.48. The van der Waals surface area contributed by atoms with Crippen LogP contribution in [0.2, 0.25) is 5.02 Å². The van der Waals surface area contributed by atoms with Crippen LogP contribution in [0.15, 0.2) is 6.20 Å². The zero-order valence-electron chi connectivity index (χ0n) is 9.87. The Labute approximate surface area is 101 Å². The molecule has 1 aromatic heterocycles. The van der Waals surface area contributed by atoms with Crippen molar-refractivity contribution >= 4 is 23.4 Å². The number of aromatic nitrogens is 2. The van der Waals surface area contributed by atoms with Crippen molar-refractivity contribution in [2.45, 2.75) is 33.2 Å². The normalized spacial score (nSPS) is 10.6. The van der Waals surface area contributed by atoms with Crippen LogP contribution < -0.4 is 16.2 Å². The van der Waals surface area contributed by atoms with Crippen LogP contribution in [0.3, 0.4) is 0 Å². The van der Waals surface area contributed by atoms with Gasteiger partial charge in [0.2, 0.25) is 5.95 Å².